The van der Waals surface area contributed by atoms with E-state index in [1.807, 2.05) is 4.90 Å². The number of alkyl carbamates (subject to hydrolysis) is 1. The third-order valence-electron chi connectivity index (χ3n) is 6.90. The van der Waals surface area contributed by atoms with Crippen LogP contribution in [0.3, 0.4) is 0 Å². The molecule has 2 aromatic carbocycles. The van der Waals surface area contributed by atoms with Crippen molar-refractivity contribution in [3.63, 3.8) is 0 Å². The molecule has 1 saturated heterocycles. The van der Waals surface area contributed by atoms with E-state index in [1.54, 1.807) is 63.2 Å². The summed E-state index contributed by atoms with van der Waals surface area (Å²) < 4.78 is 15.1. The standard InChI is InChI=1S/C31H39N5O7/c1-19(32)36-11-9-21(10-12-36)13-27(38)34-26-16-24(15-25(17-26)29(39)41-5)22-7-6-8-23(14-22)28(33)35-30(40)43-31(3,4)18-42-20(2)37/h6-8,14-17,21,32H,9-13,18H2,1-5H3,(H,34,38)(H2,33,35,40). The highest BCUT2D eigenvalue weighted by Gasteiger charge is 2.26. The van der Waals surface area contributed by atoms with Gasteiger partial charge in [-0.1, -0.05) is 18.2 Å². The molecule has 1 aliphatic heterocycles. The number of hydrogen-bond donors (Lipinski definition) is 4. The molecule has 1 aliphatic rings. The molecule has 0 atom stereocenters. The van der Waals surface area contributed by atoms with Gasteiger partial charge in [-0.15, -0.1) is 0 Å². The van der Waals surface area contributed by atoms with E-state index in [1.165, 1.54) is 14.0 Å². The highest BCUT2D eigenvalue weighted by molar-refractivity contribution is 6.05. The number of methoxy groups -OCH3 is 1. The molecule has 2 amide bonds. The molecule has 0 aromatic heterocycles. The number of carbonyl (C=O) groups is 4. The van der Waals surface area contributed by atoms with Crippen molar-refractivity contribution in [3.8, 4) is 11.1 Å². The molecule has 0 spiro atoms. The van der Waals surface area contributed by atoms with E-state index < -0.39 is 23.6 Å². The minimum Gasteiger partial charge on any atom is -0.465 e. The Morgan fingerprint density at radius 2 is 1.65 bits per heavy atom. The normalized spacial score (nSPS) is 13.5. The Bertz CT molecular complexity index is 1400. The lowest BCUT2D eigenvalue weighted by Gasteiger charge is -2.32. The number of benzene rings is 2. The van der Waals surface area contributed by atoms with Gasteiger partial charge in [-0.3, -0.25) is 25.7 Å². The van der Waals surface area contributed by atoms with Crippen molar-refractivity contribution in [2.75, 3.05) is 32.1 Å². The predicted molar refractivity (Wildman–Crippen MR) is 161 cm³/mol. The van der Waals surface area contributed by atoms with Crippen LogP contribution in [0.4, 0.5) is 10.5 Å². The van der Waals surface area contributed by atoms with Crippen molar-refractivity contribution >= 4 is 41.3 Å². The molecule has 1 heterocycles. The third-order valence-corrected chi connectivity index (χ3v) is 6.90. The van der Waals surface area contributed by atoms with Crippen LogP contribution >= 0.6 is 0 Å². The largest absolute Gasteiger partial charge is 0.465 e. The van der Waals surface area contributed by atoms with Crippen LogP contribution in [0.5, 0.6) is 0 Å². The number of ether oxygens (including phenoxy) is 3. The van der Waals surface area contributed by atoms with Gasteiger partial charge in [0.2, 0.25) is 5.91 Å². The molecule has 0 radical (unpaired) electrons. The highest BCUT2D eigenvalue weighted by atomic mass is 16.6. The van der Waals surface area contributed by atoms with Gasteiger partial charge in [-0.05, 0) is 74.9 Å². The van der Waals surface area contributed by atoms with Crippen molar-refractivity contribution in [2.45, 2.75) is 52.6 Å². The average molecular weight is 594 g/mol. The highest BCUT2D eigenvalue weighted by Crippen LogP contribution is 2.28. The van der Waals surface area contributed by atoms with Gasteiger partial charge in [0.25, 0.3) is 0 Å². The van der Waals surface area contributed by atoms with Gasteiger partial charge in [0.1, 0.15) is 18.0 Å². The first-order chi connectivity index (χ1) is 20.3. The van der Waals surface area contributed by atoms with Gasteiger partial charge in [0.05, 0.1) is 18.5 Å². The molecular weight excluding hydrogens is 554 g/mol. The van der Waals surface area contributed by atoms with Gasteiger partial charge in [-0.25, -0.2) is 9.59 Å². The number of carbonyl (C=O) groups excluding carboxylic acids is 4. The molecule has 12 nitrogen and oxygen atoms in total. The van der Waals surface area contributed by atoms with Gasteiger partial charge in [0, 0.05) is 37.7 Å². The molecule has 0 bridgehead atoms. The quantitative estimate of drug-likeness (QED) is 0.142. The van der Waals surface area contributed by atoms with Crippen LogP contribution in [0.25, 0.3) is 11.1 Å². The number of amides is 2. The zero-order chi connectivity index (χ0) is 31.7. The van der Waals surface area contributed by atoms with E-state index in [0.29, 0.717) is 34.6 Å². The smallest absolute Gasteiger partial charge is 0.413 e. The van der Waals surface area contributed by atoms with Gasteiger partial charge >= 0.3 is 18.0 Å². The van der Waals surface area contributed by atoms with Crippen molar-refractivity contribution in [1.29, 1.82) is 10.8 Å². The second-order valence-corrected chi connectivity index (χ2v) is 11.1. The lowest BCUT2D eigenvalue weighted by molar-refractivity contribution is -0.147. The van der Waals surface area contributed by atoms with Crippen LogP contribution in [-0.4, -0.2) is 72.9 Å². The van der Waals surface area contributed by atoms with E-state index in [9.17, 15) is 19.2 Å². The van der Waals surface area contributed by atoms with E-state index in [2.05, 4.69) is 10.6 Å². The number of nitrogens with one attached hydrogen (secondary N) is 4. The fraction of sp³-hybridized carbons (Fsp3) is 0.419. The number of hydrogen-bond acceptors (Lipinski definition) is 9. The molecule has 3 rings (SSSR count). The fourth-order valence-corrected chi connectivity index (χ4v) is 4.66. The Hall–Kier alpha value is -4.74. The SMILES string of the molecule is COC(=O)c1cc(NC(=O)CC2CCN(C(C)=N)CC2)cc(-c2cccc(C(=N)NC(=O)OC(C)(C)COC(C)=O)c2)c1. The summed E-state index contributed by atoms with van der Waals surface area (Å²) in [6.45, 7) is 7.52. The summed E-state index contributed by atoms with van der Waals surface area (Å²) in [6.07, 6.45) is 1.08. The number of piperidine rings is 1. The molecule has 0 unspecified atom stereocenters. The number of esters is 2. The lowest BCUT2D eigenvalue weighted by atomic mass is 9.93. The summed E-state index contributed by atoms with van der Waals surface area (Å²) in [5.74, 6) is -0.740. The van der Waals surface area contributed by atoms with Crippen LogP contribution in [-0.2, 0) is 23.8 Å². The van der Waals surface area contributed by atoms with Crippen molar-refractivity contribution in [2.24, 2.45) is 5.92 Å². The minimum absolute atomic E-state index is 0.141. The molecule has 4 N–H and O–H groups in total. The molecule has 0 aliphatic carbocycles. The summed E-state index contributed by atoms with van der Waals surface area (Å²) in [5.41, 5.74) is 1.14. The zero-order valence-corrected chi connectivity index (χ0v) is 25.2. The summed E-state index contributed by atoms with van der Waals surface area (Å²) in [4.78, 5) is 50.9. The Morgan fingerprint density at radius 3 is 2.28 bits per heavy atom. The maximum Gasteiger partial charge on any atom is 0.413 e. The zero-order valence-electron chi connectivity index (χ0n) is 25.2. The minimum atomic E-state index is -1.11. The van der Waals surface area contributed by atoms with Crippen molar-refractivity contribution in [3.05, 3.63) is 53.6 Å². The van der Waals surface area contributed by atoms with Crippen LogP contribution in [0.2, 0.25) is 0 Å². The predicted octanol–water partition coefficient (Wildman–Crippen LogP) is 4.57. The van der Waals surface area contributed by atoms with Gasteiger partial charge in [-0.2, -0.15) is 0 Å². The van der Waals surface area contributed by atoms with E-state index >= 15 is 0 Å². The lowest BCUT2D eigenvalue weighted by Crippen LogP contribution is -2.40. The number of nitrogens with zero attached hydrogens (tertiary/aromatic N) is 1. The van der Waals surface area contributed by atoms with Crippen LogP contribution in [0, 0.1) is 16.7 Å². The van der Waals surface area contributed by atoms with Gasteiger partial charge in [0.15, 0.2) is 0 Å². The van der Waals surface area contributed by atoms with E-state index in [-0.39, 0.29) is 29.8 Å². The number of rotatable bonds is 9. The van der Waals surface area contributed by atoms with E-state index in [0.717, 1.165) is 25.9 Å². The molecular formula is C31H39N5O7. The summed E-state index contributed by atoms with van der Waals surface area (Å²) in [7, 11) is 1.27. The monoisotopic (exact) mass is 593 g/mol. The topological polar surface area (TPSA) is 171 Å². The summed E-state index contributed by atoms with van der Waals surface area (Å²) in [5, 5.41) is 21.5. The van der Waals surface area contributed by atoms with Gasteiger partial charge < -0.3 is 24.4 Å². The first-order valence-corrected chi connectivity index (χ1v) is 13.9. The second kappa shape index (κ2) is 14.4. The van der Waals surface area contributed by atoms with Crippen molar-refractivity contribution < 1.29 is 33.4 Å². The molecule has 230 valence electrons. The molecule has 12 heteroatoms. The molecule has 0 saturated carbocycles. The van der Waals surface area contributed by atoms with Crippen LogP contribution < -0.4 is 10.6 Å². The Kier molecular flexibility index (Phi) is 11.0. The first-order valence-electron chi connectivity index (χ1n) is 13.9. The Balaban J connectivity index is 1.74. The first kappa shape index (κ1) is 32.8. The second-order valence-electron chi connectivity index (χ2n) is 11.1. The number of anilines is 1. The van der Waals surface area contributed by atoms with Crippen molar-refractivity contribution in [1.82, 2.24) is 10.2 Å². The number of likely N-dealkylation sites (tertiary alicyclic amines) is 1. The maximum atomic E-state index is 12.9. The summed E-state index contributed by atoms with van der Waals surface area (Å²) >= 11 is 0. The van der Waals surface area contributed by atoms with Crippen LogP contribution in [0.15, 0.2) is 42.5 Å². The Morgan fingerprint density at radius 1 is 0.977 bits per heavy atom. The molecule has 1 fully saturated rings. The Labute approximate surface area is 251 Å². The third kappa shape index (κ3) is 9.94. The van der Waals surface area contributed by atoms with Crippen LogP contribution in [0.1, 0.15) is 62.9 Å². The fourth-order valence-electron chi connectivity index (χ4n) is 4.66. The number of amidine groups is 2. The van der Waals surface area contributed by atoms with E-state index in [4.69, 9.17) is 25.0 Å². The molecule has 2 aromatic rings. The maximum absolute atomic E-state index is 12.9. The average Bonchev–Trinajstić information content (AvgIpc) is 2.95. The molecule has 43 heavy (non-hydrogen) atoms. The summed E-state index contributed by atoms with van der Waals surface area (Å²) in [6, 6.07) is 11.7.